The van der Waals surface area contributed by atoms with Gasteiger partial charge in [-0.05, 0) is 37.3 Å². The highest BCUT2D eigenvalue weighted by atomic mass is 32.2. The molecule has 0 aliphatic rings. The van der Waals surface area contributed by atoms with E-state index in [2.05, 4.69) is 15.1 Å². The Balaban J connectivity index is 1.77. The SMILES string of the molecule is Cc1cc(-c2ccc(-c3cncs3)c(F)c2)n(-c2ccc(S(N)(=O)=O)nc2)n1. The number of hydrogen-bond acceptors (Lipinski definition) is 6. The van der Waals surface area contributed by atoms with E-state index in [-0.39, 0.29) is 10.8 Å². The summed E-state index contributed by atoms with van der Waals surface area (Å²) in [5.41, 5.74) is 4.66. The van der Waals surface area contributed by atoms with Crippen LogP contribution in [0, 0.1) is 12.7 Å². The van der Waals surface area contributed by atoms with Gasteiger partial charge in [-0.3, -0.25) is 4.98 Å². The molecule has 28 heavy (non-hydrogen) atoms. The number of aryl methyl sites for hydroxylation is 1. The van der Waals surface area contributed by atoms with E-state index in [1.165, 1.54) is 29.7 Å². The van der Waals surface area contributed by atoms with Gasteiger partial charge >= 0.3 is 0 Å². The Morgan fingerprint density at radius 2 is 1.96 bits per heavy atom. The molecular formula is C18H14FN5O2S2. The van der Waals surface area contributed by atoms with Crippen molar-refractivity contribution >= 4 is 21.4 Å². The lowest BCUT2D eigenvalue weighted by atomic mass is 10.1. The lowest BCUT2D eigenvalue weighted by molar-refractivity contribution is 0.594. The number of hydrogen-bond donors (Lipinski definition) is 1. The van der Waals surface area contributed by atoms with Crippen LogP contribution < -0.4 is 5.14 Å². The molecule has 0 fully saturated rings. The Hall–Kier alpha value is -2.95. The van der Waals surface area contributed by atoms with E-state index in [4.69, 9.17) is 5.14 Å². The number of nitrogens with two attached hydrogens (primary N) is 1. The smallest absolute Gasteiger partial charge is 0.252 e. The first kappa shape index (κ1) is 18.4. The molecule has 4 aromatic rings. The van der Waals surface area contributed by atoms with Gasteiger partial charge in [0.2, 0.25) is 0 Å². The topological polar surface area (TPSA) is 104 Å². The van der Waals surface area contributed by atoms with Gasteiger partial charge in [0, 0.05) is 17.3 Å². The van der Waals surface area contributed by atoms with Crippen LogP contribution in [0.5, 0.6) is 0 Å². The fourth-order valence-electron chi connectivity index (χ4n) is 2.79. The fraction of sp³-hybridized carbons (Fsp3) is 0.0556. The molecule has 10 heteroatoms. The average Bonchev–Trinajstić information content (AvgIpc) is 3.31. The predicted molar refractivity (Wildman–Crippen MR) is 104 cm³/mol. The standard InChI is InChI=1S/C18H14FN5O2S2/c1-11-6-16(12-2-4-14(15(19)7-12)17-9-21-10-27-17)24(23-11)13-3-5-18(22-8-13)28(20,25)26/h2-10H,1H3,(H2,20,25,26). The first-order valence-electron chi connectivity index (χ1n) is 8.07. The third-order valence-corrected chi connectivity index (χ3v) is 5.68. The van der Waals surface area contributed by atoms with Crippen molar-refractivity contribution in [1.29, 1.82) is 0 Å². The first-order chi connectivity index (χ1) is 13.3. The third-order valence-electron chi connectivity index (χ3n) is 4.05. The molecule has 3 aromatic heterocycles. The van der Waals surface area contributed by atoms with Gasteiger partial charge in [-0.2, -0.15) is 5.10 Å². The van der Waals surface area contributed by atoms with Gasteiger partial charge in [-0.25, -0.2) is 27.6 Å². The van der Waals surface area contributed by atoms with E-state index < -0.39 is 10.0 Å². The molecule has 0 amide bonds. The molecule has 0 saturated carbocycles. The monoisotopic (exact) mass is 415 g/mol. The van der Waals surface area contributed by atoms with Crippen LogP contribution in [-0.2, 0) is 10.0 Å². The van der Waals surface area contributed by atoms with Gasteiger partial charge in [0.25, 0.3) is 10.0 Å². The Morgan fingerprint density at radius 3 is 2.57 bits per heavy atom. The molecule has 0 unspecified atom stereocenters. The van der Waals surface area contributed by atoms with E-state index in [0.29, 0.717) is 22.5 Å². The lowest BCUT2D eigenvalue weighted by Gasteiger charge is -2.09. The molecule has 0 atom stereocenters. The second kappa shape index (κ2) is 6.89. The van der Waals surface area contributed by atoms with Crippen molar-refractivity contribution in [3.05, 3.63) is 65.8 Å². The number of pyridine rings is 1. The summed E-state index contributed by atoms with van der Waals surface area (Å²) in [7, 11) is -3.89. The van der Waals surface area contributed by atoms with Crippen molar-refractivity contribution in [3.8, 4) is 27.4 Å². The number of rotatable bonds is 4. The second-order valence-electron chi connectivity index (χ2n) is 6.04. The van der Waals surface area contributed by atoms with Crippen LogP contribution in [0.3, 0.4) is 0 Å². The molecule has 7 nitrogen and oxygen atoms in total. The predicted octanol–water partition coefficient (Wildman–Crippen LogP) is 3.15. The minimum absolute atomic E-state index is 0.235. The number of thiazole rings is 1. The Kier molecular flexibility index (Phi) is 4.53. The Bertz CT molecular complexity index is 1250. The summed E-state index contributed by atoms with van der Waals surface area (Å²) in [5, 5.41) is 9.27. The van der Waals surface area contributed by atoms with Gasteiger partial charge in [0.15, 0.2) is 5.03 Å². The van der Waals surface area contributed by atoms with E-state index in [9.17, 15) is 12.8 Å². The van der Waals surface area contributed by atoms with Crippen LogP contribution in [0.2, 0.25) is 0 Å². The maximum absolute atomic E-state index is 14.7. The van der Waals surface area contributed by atoms with E-state index in [1.807, 2.05) is 13.0 Å². The molecule has 0 radical (unpaired) electrons. The first-order valence-corrected chi connectivity index (χ1v) is 10.5. The summed E-state index contributed by atoms with van der Waals surface area (Å²) >= 11 is 1.36. The van der Waals surface area contributed by atoms with Gasteiger partial charge in [-0.15, -0.1) is 11.3 Å². The quantitative estimate of drug-likeness (QED) is 0.551. The van der Waals surface area contributed by atoms with Crippen LogP contribution in [0.4, 0.5) is 4.39 Å². The van der Waals surface area contributed by atoms with Crippen molar-refractivity contribution in [2.75, 3.05) is 0 Å². The maximum atomic E-state index is 14.7. The Morgan fingerprint density at radius 1 is 1.14 bits per heavy atom. The van der Waals surface area contributed by atoms with Crippen LogP contribution in [0.15, 0.2) is 59.3 Å². The van der Waals surface area contributed by atoms with E-state index >= 15 is 0 Å². The van der Waals surface area contributed by atoms with Crippen LogP contribution in [0.25, 0.3) is 27.4 Å². The fourth-order valence-corrected chi connectivity index (χ4v) is 3.90. The number of aromatic nitrogens is 4. The van der Waals surface area contributed by atoms with E-state index in [1.54, 1.807) is 34.6 Å². The van der Waals surface area contributed by atoms with Crippen molar-refractivity contribution in [2.45, 2.75) is 11.9 Å². The van der Waals surface area contributed by atoms with Crippen molar-refractivity contribution < 1.29 is 12.8 Å². The zero-order chi connectivity index (χ0) is 19.9. The molecule has 0 aliphatic carbocycles. The number of primary sulfonamides is 1. The molecule has 2 N–H and O–H groups in total. The van der Waals surface area contributed by atoms with Crippen molar-refractivity contribution in [3.63, 3.8) is 0 Å². The minimum atomic E-state index is -3.89. The molecule has 0 aliphatic heterocycles. The number of benzene rings is 1. The van der Waals surface area contributed by atoms with Gasteiger partial charge in [-0.1, -0.05) is 6.07 Å². The summed E-state index contributed by atoms with van der Waals surface area (Å²) in [6, 6.07) is 9.61. The molecule has 142 valence electrons. The minimum Gasteiger partial charge on any atom is -0.252 e. The van der Waals surface area contributed by atoms with Crippen LogP contribution in [-0.4, -0.2) is 28.2 Å². The highest BCUT2D eigenvalue weighted by molar-refractivity contribution is 7.89. The molecule has 4 rings (SSSR count). The molecule has 0 bridgehead atoms. The number of sulfonamides is 1. The lowest BCUT2D eigenvalue weighted by Crippen LogP contribution is -2.14. The van der Waals surface area contributed by atoms with Gasteiger partial charge in [0.05, 0.1) is 33.7 Å². The van der Waals surface area contributed by atoms with Crippen LogP contribution in [0.1, 0.15) is 5.69 Å². The van der Waals surface area contributed by atoms with Crippen molar-refractivity contribution in [1.82, 2.24) is 19.7 Å². The summed E-state index contributed by atoms with van der Waals surface area (Å²) < 4.78 is 39.0. The summed E-state index contributed by atoms with van der Waals surface area (Å²) in [5.74, 6) is -0.366. The molecule has 3 heterocycles. The molecule has 0 saturated heterocycles. The summed E-state index contributed by atoms with van der Waals surface area (Å²) in [6.45, 7) is 1.81. The second-order valence-corrected chi connectivity index (χ2v) is 8.44. The number of nitrogens with zero attached hydrogens (tertiary/aromatic N) is 4. The van der Waals surface area contributed by atoms with Gasteiger partial charge < -0.3 is 0 Å². The zero-order valence-electron chi connectivity index (χ0n) is 14.6. The number of halogens is 1. The van der Waals surface area contributed by atoms with Gasteiger partial charge in [0.1, 0.15) is 5.82 Å². The highest BCUT2D eigenvalue weighted by Gasteiger charge is 2.15. The Labute approximate surface area is 164 Å². The molecule has 0 spiro atoms. The maximum Gasteiger partial charge on any atom is 0.255 e. The van der Waals surface area contributed by atoms with Crippen LogP contribution >= 0.6 is 11.3 Å². The molecular weight excluding hydrogens is 401 g/mol. The molecule has 1 aromatic carbocycles. The highest BCUT2D eigenvalue weighted by Crippen LogP contribution is 2.31. The normalized spacial score (nSPS) is 11.7. The van der Waals surface area contributed by atoms with Crippen molar-refractivity contribution in [2.24, 2.45) is 5.14 Å². The third kappa shape index (κ3) is 3.44. The average molecular weight is 415 g/mol. The summed E-state index contributed by atoms with van der Waals surface area (Å²) in [6.07, 6.45) is 2.98. The largest absolute Gasteiger partial charge is 0.255 e. The summed E-state index contributed by atoms with van der Waals surface area (Å²) in [4.78, 5) is 8.61. The zero-order valence-corrected chi connectivity index (χ0v) is 16.2. The van der Waals surface area contributed by atoms with E-state index in [0.717, 1.165) is 10.6 Å².